The van der Waals surface area contributed by atoms with Gasteiger partial charge in [0.1, 0.15) is 11.6 Å². The van der Waals surface area contributed by atoms with Crippen LogP contribution in [0.2, 0.25) is 0 Å². The van der Waals surface area contributed by atoms with Gasteiger partial charge in [0.2, 0.25) is 5.91 Å². The van der Waals surface area contributed by atoms with Gasteiger partial charge in [0.15, 0.2) is 0 Å². The maximum Gasteiger partial charge on any atom is 0.219 e. The van der Waals surface area contributed by atoms with Crippen molar-refractivity contribution in [1.29, 1.82) is 0 Å². The molecule has 102 valence electrons. The second-order valence-corrected chi connectivity index (χ2v) is 5.57. The van der Waals surface area contributed by atoms with Crippen LogP contribution >= 0.6 is 0 Å². The summed E-state index contributed by atoms with van der Waals surface area (Å²) in [5.41, 5.74) is 0. The number of hydrogen-bond donors (Lipinski definition) is 0. The van der Waals surface area contributed by atoms with Crippen LogP contribution in [0.3, 0.4) is 0 Å². The molecule has 5 nitrogen and oxygen atoms in total. The summed E-state index contributed by atoms with van der Waals surface area (Å²) in [6, 6.07) is 2.28. The summed E-state index contributed by atoms with van der Waals surface area (Å²) in [5, 5.41) is 0. The van der Waals surface area contributed by atoms with E-state index in [1.807, 2.05) is 24.2 Å². The van der Waals surface area contributed by atoms with Crippen molar-refractivity contribution in [2.45, 2.75) is 38.1 Å². The highest BCUT2D eigenvalue weighted by Gasteiger charge is 2.30. The molecule has 1 aliphatic heterocycles. The van der Waals surface area contributed by atoms with Gasteiger partial charge >= 0.3 is 0 Å². The maximum absolute atomic E-state index is 11.4. The van der Waals surface area contributed by atoms with Gasteiger partial charge in [-0.25, -0.2) is 9.97 Å². The number of likely N-dealkylation sites (N-methyl/N-ethyl adjacent to an activating group) is 1. The van der Waals surface area contributed by atoms with Crippen LogP contribution in [0.4, 0.5) is 5.82 Å². The largest absolute Gasteiger partial charge is 0.354 e. The van der Waals surface area contributed by atoms with Gasteiger partial charge in [0.05, 0.1) is 6.04 Å². The molecule has 2 aliphatic rings. The fraction of sp³-hybridized carbons (Fsp3) is 0.643. The highest BCUT2D eigenvalue weighted by atomic mass is 16.2. The SMILES string of the molecule is CC(=O)N(C)C1CCN(c2ccnc(C3CC3)n2)C1. The molecule has 0 N–H and O–H groups in total. The third kappa shape index (κ3) is 2.55. The number of aromatic nitrogens is 2. The average Bonchev–Trinajstić information content (AvgIpc) is 3.15. The van der Waals surface area contributed by atoms with Crippen LogP contribution in [0.1, 0.15) is 37.9 Å². The fourth-order valence-corrected chi connectivity index (χ4v) is 2.60. The summed E-state index contributed by atoms with van der Waals surface area (Å²) in [5.74, 6) is 2.71. The van der Waals surface area contributed by atoms with E-state index in [2.05, 4.69) is 14.9 Å². The van der Waals surface area contributed by atoms with Crippen LogP contribution in [0.5, 0.6) is 0 Å². The minimum atomic E-state index is 0.133. The molecule has 0 bridgehead atoms. The lowest BCUT2D eigenvalue weighted by molar-refractivity contribution is -0.129. The first kappa shape index (κ1) is 12.4. The Morgan fingerprint density at radius 3 is 2.89 bits per heavy atom. The van der Waals surface area contributed by atoms with Gasteiger partial charge in [-0.15, -0.1) is 0 Å². The molecule has 1 aromatic rings. The van der Waals surface area contributed by atoms with Gasteiger partial charge < -0.3 is 9.80 Å². The molecule has 0 radical (unpaired) electrons. The summed E-state index contributed by atoms with van der Waals surface area (Å²) in [6.45, 7) is 3.46. The monoisotopic (exact) mass is 260 g/mol. The van der Waals surface area contributed by atoms with E-state index in [0.717, 1.165) is 31.2 Å². The smallest absolute Gasteiger partial charge is 0.219 e. The fourth-order valence-electron chi connectivity index (χ4n) is 2.60. The Morgan fingerprint density at radius 1 is 1.42 bits per heavy atom. The lowest BCUT2D eigenvalue weighted by Gasteiger charge is -2.24. The predicted molar refractivity (Wildman–Crippen MR) is 73.1 cm³/mol. The molecule has 1 aromatic heterocycles. The number of hydrogen-bond acceptors (Lipinski definition) is 4. The van der Waals surface area contributed by atoms with Crippen molar-refractivity contribution in [2.24, 2.45) is 0 Å². The van der Waals surface area contributed by atoms with Crippen molar-refractivity contribution in [3.05, 3.63) is 18.1 Å². The number of anilines is 1. The number of rotatable bonds is 3. The Morgan fingerprint density at radius 2 is 2.21 bits per heavy atom. The molecule has 1 saturated carbocycles. The van der Waals surface area contributed by atoms with E-state index in [1.54, 1.807) is 6.92 Å². The predicted octanol–water partition coefficient (Wildman–Crippen LogP) is 1.41. The van der Waals surface area contributed by atoms with Gasteiger partial charge in [0, 0.05) is 39.2 Å². The van der Waals surface area contributed by atoms with Crippen LogP contribution in [0.25, 0.3) is 0 Å². The van der Waals surface area contributed by atoms with Crippen molar-refractivity contribution in [3.63, 3.8) is 0 Å². The molecule has 2 heterocycles. The topological polar surface area (TPSA) is 49.3 Å². The number of carbonyl (C=O) groups excluding carboxylic acids is 1. The highest BCUT2D eigenvalue weighted by molar-refractivity contribution is 5.73. The normalized spacial score (nSPS) is 22.6. The second-order valence-electron chi connectivity index (χ2n) is 5.57. The standard InChI is InChI=1S/C14H20N4O/c1-10(19)17(2)12-6-8-18(9-12)13-5-7-15-14(16-13)11-3-4-11/h5,7,11-12H,3-4,6,8-9H2,1-2H3. The van der Waals surface area contributed by atoms with Crippen molar-refractivity contribution < 1.29 is 4.79 Å². The van der Waals surface area contributed by atoms with E-state index in [4.69, 9.17) is 0 Å². The van der Waals surface area contributed by atoms with Crippen molar-refractivity contribution >= 4 is 11.7 Å². The Labute approximate surface area is 113 Å². The van der Waals surface area contributed by atoms with Crippen molar-refractivity contribution in [2.75, 3.05) is 25.0 Å². The number of carbonyl (C=O) groups is 1. The van der Waals surface area contributed by atoms with E-state index in [9.17, 15) is 4.79 Å². The lowest BCUT2D eigenvalue weighted by atomic mass is 10.2. The molecule has 0 aromatic carbocycles. The van der Waals surface area contributed by atoms with Crippen LogP contribution < -0.4 is 4.90 Å². The molecule has 19 heavy (non-hydrogen) atoms. The Balaban J connectivity index is 1.70. The van der Waals surface area contributed by atoms with E-state index < -0.39 is 0 Å². The zero-order valence-electron chi connectivity index (χ0n) is 11.5. The molecule has 2 fully saturated rings. The zero-order chi connectivity index (χ0) is 13.4. The first-order valence-electron chi connectivity index (χ1n) is 6.96. The Kier molecular flexibility index (Phi) is 3.12. The van der Waals surface area contributed by atoms with Crippen LogP contribution in [0, 0.1) is 0 Å². The summed E-state index contributed by atoms with van der Waals surface area (Å²) in [6.07, 6.45) is 5.31. The van der Waals surface area contributed by atoms with Gasteiger partial charge in [-0.2, -0.15) is 0 Å². The highest BCUT2D eigenvalue weighted by Crippen LogP contribution is 2.38. The van der Waals surface area contributed by atoms with Gasteiger partial charge in [0.25, 0.3) is 0 Å². The summed E-state index contributed by atoms with van der Waals surface area (Å²) < 4.78 is 0. The van der Waals surface area contributed by atoms with Crippen molar-refractivity contribution in [1.82, 2.24) is 14.9 Å². The van der Waals surface area contributed by atoms with E-state index in [0.29, 0.717) is 12.0 Å². The quantitative estimate of drug-likeness (QED) is 0.824. The van der Waals surface area contributed by atoms with E-state index in [-0.39, 0.29) is 5.91 Å². The second kappa shape index (κ2) is 4.79. The van der Waals surface area contributed by atoms with Crippen molar-refractivity contribution in [3.8, 4) is 0 Å². The summed E-state index contributed by atoms with van der Waals surface area (Å²) in [4.78, 5) is 24.5. The number of nitrogens with zero attached hydrogens (tertiary/aromatic N) is 4. The lowest BCUT2D eigenvalue weighted by Crippen LogP contribution is -2.37. The molecule has 1 amide bonds. The average molecular weight is 260 g/mol. The minimum Gasteiger partial charge on any atom is -0.354 e. The first-order chi connectivity index (χ1) is 9.15. The molecule has 1 aliphatic carbocycles. The van der Waals surface area contributed by atoms with E-state index >= 15 is 0 Å². The summed E-state index contributed by atoms with van der Waals surface area (Å²) in [7, 11) is 1.88. The van der Waals surface area contributed by atoms with Crippen LogP contribution in [-0.2, 0) is 4.79 Å². The molecular weight excluding hydrogens is 240 g/mol. The third-order valence-electron chi connectivity index (χ3n) is 4.13. The molecule has 5 heteroatoms. The van der Waals surface area contributed by atoms with Gasteiger partial charge in [-0.05, 0) is 25.3 Å². The molecule has 0 spiro atoms. The number of amides is 1. The maximum atomic E-state index is 11.4. The zero-order valence-corrected chi connectivity index (χ0v) is 11.5. The molecule has 3 rings (SSSR count). The Hall–Kier alpha value is -1.65. The summed E-state index contributed by atoms with van der Waals surface area (Å²) >= 11 is 0. The molecule has 1 atom stereocenters. The van der Waals surface area contributed by atoms with Gasteiger partial charge in [-0.1, -0.05) is 0 Å². The Bertz CT molecular complexity index is 486. The molecule has 1 unspecified atom stereocenters. The molecular formula is C14H20N4O. The third-order valence-corrected chi connectivity index (χ3v) is 4.13. The van der Waals surface area contributed by atoms with Crippen LogP contribution in [-0.4, -0.2) is 47.0 Å². The van der Waals surface area contributed by atoms with Crippen LogP contribution in [0.15, 0.2) is 12.3 Å². The molecule has 1 saturated heterocycles. The van der Waals surface area contributed by atoms with E-state index in [1.165, 1.54) is 12.8 Å². The van der Waals surface area contributed by atoms with Gasteiger partial charge in [-0.3, -0.25) is 4.79 Å². The minimum absolute atomic E-state index is 0.133. The first-order valence-corrected chi connectivity index (χ1v) is 6.96.